The minimum absolute atomic E-state index is 0.989. The van der Waals surface area contributed by atoms with E-state index >= 15 is 0 Å². The molecule has 0 saturated heterocycles. The number of fused-ring (bicyclic) bond motifs is 1. The Balaban J connectivity index is 1.42. The van der Waals surface area contributed by atoms with Gasteiger partial charge in [-0.25, -0.2) is 0 Å². The molecule has 0 aliphatic carbocycles. The highest BCUT2D eigenvalue weighted by atomic mass is 14.6. The Morgan fingerprint density at radius 1 is 0.412 bits per heavy atom. The van der Waals surface area contributed by atoms with Gasteiger partial charge in [-0.2, -0.15) is 0 Å². The largest absolute Gasteiger partial charge is 0.264 e. The smallest absolute Gasteiger partial charge is 0.0714 e. The van der Waals surface area contributed by atoms with E-state index in [4.69, 9.17) is 0 Å². The fourth-order valence-corrected chi connectivity index (χ4v) is 4.35. The van der Waals surface area contributed by atoms with Crippen molar-refractivity contribution in [2.45, 2.75) is 0 Å². The van der Waals surface area contributed by atoms with Crippen LogP contribution in [0.5, 0.6) is 0 Å². The zero-order valence-electron chi connectivity index (χ0n) is 18.5. The number of hydrogen-bond donors (Lipinski definition) is 0. The summed E-state index contributed by atoms with van der Waals surface area (Å²) >= 11 is 0. The van der Waals surface area contributed by atoms with Gasteiger partial charge in [-0.05, 0) is 74.8 Å². The van der Waals surface area contributed by atoms with Crippen molar-refractivity contribution in [3.63, 3.8) is 0 Å². The number of rotatable bonds is 4. The third kappa shape index (κ3) is 3.84. The van der Waals surface area contributed by atoms with Crippen LogP contribution in [0.2, 0.25) is 0 Å². The Bertz CT molecular complexity index is 1560. The Morgan fingerprint density at radius 2 is 0.941 bits per heavy atom. The van der Waals surface area contributed by atoms with Crippen molar-refractivity contribution < 1.29 is 0 Å². The van der Waals surface area contributed by atoms with E-state index in [1.807, 2.05) is 36.8 Å². The maximum absolute atomic E-state index is 4.67. The molecule has 0 atom stereocenters. The molecule has 0 radical (unpaired) electrons. The Hall–Kier alpha value is -4.63. The first-order valence-corrected chi connectivity index (χ1v) is 11.3. The molecule has 6 rings (SSSR count). The van der Waals surface area contributed by atoms with Gasteiger partial charge >= 0.3 is 0 Å². The molecule has 0 aliphatic heterocycles. The molecule has 3 heteroatoms. The van der Waals surface area contributed by atoms with Crippen LogP contribution in [0.15, 0.2) is 128 Å². The third-order valence-corrected chi connectivity index (χ3v) is 6.12. The van der Waals surface area contributed by atoms with Crippen molar-refractivity contribution >= 4 is 10.9 Å². The van der Waals surface area contributed by atoms with E-state index in [0.29, 0.717) is 0 Å². The normalized spacial score (nSPS) is 10.9. The van der Waals surface area contributed by atoms with Crippen LogP contribution < -0.4 is 0 Å². The highest BCUT2D eigenvalue weighted by Crippen LogP contribution is 2.35. The molecule has 0 unspecified atom stereocenters. The molecular formula is C31H21N3. The van der Waals surface area contributed by atoms with Gasteiger partial charge in [0.2, 0.25) is 0 Å². The lowest BCUT2D eigenvalue weighted by atomic mass is 9.93. The first-order chi connectivity index (χ1) is 16.8. The van der Waals surface area contributed by atoms with E-state index in [1.54, 1.807) is 12.4 Å². The topological polar surface area (TPSA) is 38.7 Å². The standard InChI is InChI=1S/C31H21N3/c1-4-26(20-32-15-1)22-7-9-24(10-8-22)28-18-30(29-6-3-17-34-31(29)19-28)25-13-11-23(12-14-25)27-5-2-16-33-21-27/h1-21H. The van der Waals surface area contributed by atoms with Gasteiger partial charge in [0.1, 0.15) is 0 Å². The molecule has 3 nitrogen and oxygen atoms in total. The minimum Gasteiger partial charge on any atom is -0.264 e. The van der Waals surface area contributed by atoms with Gasteiger partial charge in [-0.3, -0.25) is 15.0 Å². The lowest BCUT2D eigenvalue weighted by molar-refractivity contribution is 1.33. The molecule has 34 heavy (non-hydrogen) atoms. The Labute approximate surface area is 198 Å². The molecule has 0 fully saturated rings. The molecule has 6 aromatic rings. The molecule has 0 saturated carbocycles. The predicted molar refractivity (Wildman–Crippen MR) is 139 cm³/mol. The summed E-state index contributed by atoms with van der Waals surface area (Å²) in [6.07, 6.45) is 9.23. The fourth-order valence-electron chi connectivity index (χ4n) is 4.35. The summed E-state index contributed by atoms with van der Waals surface area (Å²) in [4.78, 5) is 13.1. The number of hydrogen-bond acceptors (Lipinski definition) is 3. The summed E-state index contributed by atoms with van der Waals surface area (Å²) in [6, 6.07) is 34.0. The summed E-state index contributed by atoms with van der Waals surface area (Å²) in [7, 11) is 0. The molecule has 0 spiro atoms. The zero-order valence-corrected chi connectivity index (χ0v) is 18.5. The third-order valence-electron chi connectivity index (χ3n) is 6.12. The summed E-state index contributed by atoms with van der Waals surface area (Å²) < 4.78 is 0. The van der Waals surface area contributed by atoms with Crippen molar-refractivity contribution in [3.05, 3.63) is 128 Å². The lowest BCUT2D eigenvalue weighted by Crippen LogP contribution is -1.88. The average Bonchev–Trinajstić information content (AvgIpc) is 2.94. The lowest BCUT2D eigenvalue weighted by Gasteiger charge is -2.12. The first-order valence-electron chi connectivity index (χ1n) is 11.3. The second-order valence-corrected chi connectivity index (χ2v) is 8.23. The molecule has 0 aliphatic rings. The number of benzene rings is 3. The van der Waals surface area contributed by atoms with Crippen LogP contribution >= 0.6 is 0 Å². The van der Waals surface area contributed by atoms with E-state index in [2.05, 4.69) is 93.8 Å². The van der Waals surface area contributed by atoms with Gasteiger partial charge in [0.05, 0.1) is 5.52 Å². The molecule has 160 valence electrons. The van der Waals surface area contributed by atoms with Crippen molar-refractivity contribution in [2.75, 3.05) is 0 Å². The quantitative estimate of drug-likeness (QED) is 0.285. The molecular weight excluding hydrogens is 414 g/mol. The molecule has 3 aromatic carbocycles. The van der Waals surface area contributed by atoms with Crippen molar-refractivity contribution in [1.82, 2.24) is 15.0 Å². The maximum Gasteiger partial charge on any atom is 0.0714 e. The van der Waals surface area contributed by atoms with Gasteiger partial charge in [-0.1, -0.05) is 66.7 Å². The van der Waals surface area contributed by atoms with Crippen LogP contribution in [0.3, 0.4) is 0 Å². The Kier molecular flexibility index (Phi) is 5.13. The van der Waals surface area contributed by atoms with Crippen molar-refractivity contribution in [2.24, 2.45) is 0 Å². The second kappa shape index (κ2) is 8.72. The van der Waals surface area contributed by atoms with Gasteiger partial charge in [0, 0.05) is 36.4 Å². The summed E-state index contributed by atoms with van der Waals surface area (Å²) in [6.45, 7) is 0. The van der Waals surface area contributed by atoms with E-state index in [9.17, 15) is 0 Å². The predicted octanol–water partition coefficient (Wildman–Crippen LogP) is 7.69. The number of nitrogens with zero attached hydrogens (tertiary/aromatic N) is 3. The number of aromatic nitrogens is 3. The molecule has 3 heterocycles. The van der Waals surface area contributed by atoms with Crippen LogP contribution in [0.25, 0.3) is 55.4 Å². The van der Waals surface area contributed by atoms with Crippen LogP contribution in [0.1, 0.15) is 0 Å². The van der Waals surface area contributed by atoms with Crippen LogP contribution in [-0.2, 0) is 0 Å². The van der Waals surface area contributed by atoms with Gasteiger partial charge in [0.15, 0.2) is 0 Å². The zero-order chi connectivity index (χ0) is 22.7. The molecule has 3 aromatic heterocycles. The van der Waals surface area contributed by atoms with Crippen LogP contribution in [0.4, 0.5) is 0 Å². The molecule has 0 amide bonds. The monoisotopic (exact) mass is 435 g/mol. The fraction of sp³-hybridized carbons (Fsp3) is 0. The van der Waals surface area contributed by atoms with Gasteiger partial charge < -0.3 is 0 Å². The first kappa shape index (κ1) is 20.0. The van der Waals surface area contributed by atoms with E-state index in [1.165, 1.54) is 11.1 Å². The van der Waals surface area contributed by atoms with Crippen molar-refractivity contribution in [1.29, 1.82) is 0 Å². The van der Waals surface area contributed by atoms with Gasteiger partial charge in [-0.15, -0.1) is 0 Å². The highest BCUT2D eigenvalue weighted by Gasteiger charge is 2.10. The summed E-state index contributed by atoms with van der Waals surface area (Å²) in [5.41, 5.74) is 10.2. The summed E-state index contributed by atoms with van der Waals surface area (Å²) in [5.74, 6) is 0. The SMILES string of the molecule is c1cncc(-c2ccc(-c3cc(-c4ccc(-c5cccnc5)cc4)c4cccnc4c3)cc2)c1. The Morgan fingerprint density at radius 3 is 1.50 bits per heavy atom. The molecule has 0 N–H and O–H groups in total. The second-order valence-electron chi connectivity index (χ2n) is 8.23. The van der Waals surface area contributed by atoms with E-state index < -0.39 is 0 Å². The maximum atomic E-state index is 4.67. The van der Waals surface area contributed by atoms with Crippen LogP contribution in [0, 0.1) is 0 Å². The van der Waals surface area contributed by atoms with Crippen molar-refractivity contribution in [3.8, 4) is 44.5 Å². The van der Waals surface area contributed by atoms with E-state index in [0.717, 1.165) is 44.3 Å². The average molecular weight is 436 g/mol. The van der Waals surface area contributed by atoms with Crippen LogP contribution in [-0.4, -0.2) is 15.0 Å². The molecule has 0 bridgehead atoms. The number of pyridine rings is 3. The van der Waals surface area contributed by atoms with Gasteiger partial charge in [0.25, 0.3) is 0 Å². The van der Waals surface area contributed by atoms with E-state index in [-0.39, 0.29) is 0 Å². The highest BCUT2D eigenvalue weighted by molar-refractivity contribution is 5.98. The minimum atomic E-state index is 0.989. The summed E-state index contributed by atoms with van der Waals surface area (Å²) in [5, 5.41) is 1.15.